The molecule has 1 aromatic heterocycles. The summed E-state index contributed by atoms with van der Waals surface area (Å²) >= 11 is 0. The zero-order valence-electron chi connectivity index (χ0n) is 17.0. The molecule has 0 saturated carbocycles. The van der Waals surface area contributed by atoms with E-state index in [9.17, 15) is 22.8 Å². The van der Waals surface area contributed by atoms with E-state index in [1.165, 1.54) is 17.1 Å². The number of fused-ring (bicyclic) bond motifs is 1. The number of imide groups is 1. The van der Waals surface area contributed by atoms with Gasteiger partial charge in [0, 0.05) is 5.56 Å². The fourth-order valence-corrected chi connectivity index (χ4v) is 3.71. The van der Waals surface area contributed by atoms with E-state index in [1.54, 1.807) is 24.3 Å². The Morgan fingerprint density at radius 3 is 2.55 bits per heavy atom. The lowest BCUT2D eigenvalue weighted by Crippen LogP contribution is -2.39. The van der Waals surface area contributed by atoms with Gasteiger partial charge in [-0.25, -0.2) is 4.90 Å². The summed E-state index contributed by atoms with van der Waals surface area (Å²) in [6, 6.07) is 9.49. The van der Waals surface area contributed by atoms with Crippen LogP contribution in [-0.4, -0.2) is 39.0 Å². The molecule has 5 rings (SSSR count). The second-order valence-electron chi connectivity index (χ2n) is 7.63. The van der Waals surface area contributed by atoms with Gasteiger partial charge >= 0.3 is 6.18 Å². The van der Waals surface area contributed by atoms with Gasteiger partial charge in [0.25, 0.3) is 11.8 Å². The number of amides is 2. The maximum absolute atomic E-state index is 13.0. The Balaban J connectivity index is 1.35. The summed E-state index contributed by atoms with van der Waals surface area (Å²) in [4.78, 5) is 31.0. The lowest BCUT2D eigenvalue weighted by molar-refractivity contribution is -0.137. The number of aromatic nitrogens is 2. The molecule has 33 heavy (non-hydrogen) atoms. The van der Waals surface area contributed by atoms with E-state index in [4.69, 9.17) is 4.52 Å². The maximum atomic E-state index is 13.0. The number of hydrogen-bond donors (Lipinski definition) is 0. The first kappa shape index (κ1) is 20.8. The number of halogens is 3. The molecule has 0 unspecified atom stereocenters. The first-order chi connectivity index (χ1) is 15.7. The van der Waals surface area contributed by atoms with E-state index in [0.717, 1.165) is 22.6 Å². The molecule has 1 saturated heterocycles. The van der Waals surface area contributed by atoms with Gasteiger partial charge in [0.1, 0.15) is 6.54 Å². The number of aryl methyl sites for hydroxylation is 1. The van der Waals surface area contributed by atoms with Crippen LogP contribution in [0.1, 0.15) is 17.0 Å². The molecule has 2 aliphatic rings. The quantitative estimate of drug-likeness (QED) is 0.556. The van der Waals surface area contributed by atoms with E-state index in [-0.39, 0.29) is 23.8 Å². The first-order valence-electron chi connectivity index (χ1n) is 9.84. The topological polar surface area (TPSA) is 104 Å². The van der Waals surface area contributed by atoms with Crippen LogP contribution < -0.4 is 4.90 Å². The van der Waals surface area contributed by atoms with Gasteiger partial charge < -0.3 is 4.52 Å². The van der Waals surface area contributed by atoms with Gasteiger partial charge in [-0.05, 0) is 31.2 Å². The van der Waals surface area contributed by atoms with Crippen LogP contribution in [0.15, 0.2) is 63.4 Å². The average Bonchev–Trinajstić information content (AvgIpc) is 3.47. The van der Waals surface area contributed by atoms with Crippen molar-refractivity contribution in [2.75, 3.05) is 4.90 Å². The van der Waals surface area contributed by atoms with Crippen LogP contribution >= 0.6 is 0 Å². The third kappa shape index (κ3) is 3.62. The first-order valence-corrected chi connectivity index (χ1v) is 9.84. The SMILES string of the molecule is Cc1ccc(N2C(=O)[C@H]3N=NN(Cc4nc(-c5cccc(C(F)(F)F)c5)no4)[C@H]3C2=O)cc1. The lowest BCUT2D eigenvalue weighted by atomic mass is 10.1. The van der Waals surface area contributed by atoms with Gasteiger partial charge in [0.05, 0.1) is 11.3 Å². The third-order valence-electron chi connectivity index (χ3n) is 5.36. The summed E-state index contributed by atoms with van der Waals surface area (Å²) in [5.74, 6) is -1.01. The highest BCUT2D eigenvalue weighted by Crippen LogP contribution is 2.34. The minimum atomic E-state index is -4.51. The summed E-state index contributed by atoms with van der Waals surface area (Å²) in [5.41, 5.74) is 0.698. The minimum absolute atomic E-state index is 0.0102. The summed E-state index contributed by atoms with van der Waals surface area (Å²) in [6.45, 7) is 1.75. The third-order valence-corrected chi connectivity index (χ3v) is 5.36. The number of carbonyl (C=O) groups excluding carboxylic acids is 2. The Hall–Kier alpha value is -4.09. The van der Waals surface area contributed by atoms with Crippen LogP contribution in [0.4, 0.5) is 18.9 Å². The highest BCUT2D eigenvalue weighted by atomic mass is 19.4. The summed E-state index contributed by atoms with van der Waals surface area (Å²) < 4.78 is 44.1. The normalized spacial score (nSPS) is 20.1. The van der Waals surface area contributed by atoms with Crippen molar-refractivity contribution in [3.8, 4) is 11.4 Å². The van der Waals surface area contributed by atoms with Crippen LogP contribution in [-0.2, 0) is 22.3 Å². The van der Waals surface area contributed by atoms with E-state index in [0.29, 0.717) is 5.69 Å². The van der Waals surface area contributed by atoms with Crippen LogP contribution in [0.5, 0.6) is 0 Å². The number of rotatable bonds is 4. The standard InChI is InChI=1S/C21H15F3N6O3/c1-11-5-7-14(8-6-11)30-19(31)16-17(20(30)32)29(28-26-16)10-15-25-18(27-33-15)12-3-2-4-13(9-12)21(22,23)24/h2-9,16-17H,10H2,1H3/t16-,17+/m0/s1. The van der Waals surface area contributed by atoms with Crippen molar-refractivity contribution in [3.63, 3.8) is 0 Å². The number of benzene rings is 2. The Morgan fingerprint density at radius 2 is 1.82 bits per heavy atom. The van der Waals surface area contributed by atoms with Crippen LogP contribution in [0.25, 0.3) is 11.4 Å². The molecule has 1 fully saturated rings. The molecule has 2 atom stereocenters. The van der Waals surface area contributed by atoms with Crippen molar-refractivity contribution in [2.45, 2.75) is 31.7 Å². The van der Waals surface area contributed by atoms with Gasteiger partial charge in [-0.15, -0.1) is 0 Å². The second-order valence-corrected chi connectivity index (χ2v) is 7.63. The van der Waals surface area contributed by atoms with Gasteiger partial charge in [-0.3, -0.25) is 14.6 Å². The highest BCUT2D eigenvalue weighted by Gasteiger charge is 2.55. The largest absolute Gasteiger partial charge is 0.416 e. The molecule has 0 radical (unpaired) electrons. The van der Waals surface area contributed by atoms with Crippen molar-refractivity contribution < 1.29 is 27.3 Å². The minimum Gasteiger partial charge on any atom is -0.337 e. The Morgan fingerprint density at radius 1 is 1.06 bits per heavy atom. The van der Waals surface area contributed by atoms with Crippen molar-refractivity contribution in [1.82, 2.24) is 15.1 Å². The molecule has 168 valence electrons. The zero-order valence-corrected chi connectivity index (χ0v) is 17.0. The Labute approximate surface area is 184 Å². The van der Waals surface area contributed by atoms with Gasteiger partial charge in [-0.1, -0.05) is 40.2 Å². The van der Waals surface area contributed by atoms with Crippen LogP contribution in [0.2, 0.25) is 0 Å². The van der Waals surface area contributed by atoms with Crippen molar-refractivity contribution >= 4 is 17.5 Å². The number of hydrogen-bond acceptors (Lipinski definition) is 8. The average molecular weight is 456 g/mol. The van der Waals surface area contributed by atoms with Gasteiger partial charge in [-0.2, -0.15) is 23.3 Å². The molecule has 9 nitrogen and oxygen atoms in total. The molecule has 0 spiro atoms. The number of anilines is 1. The lowest BCUT2D eigenvalue weighted by Gasteiger charge is -2.19. The molecular formula is C21H15F3N6O3. The van der Waals surface area contributed by atoms with Gasteiger partial charge in [0.2, 0.25) is 11.7 Å². The summed E-state index contributed by atoms with van der Waals surface area (Å²) in [7, 11) is 0. The second kappa shape index (κ2) is 7.50. The number of alkyl halides is 3. The Kier molecular flexibility index (Phi) is 4.73. The predicted octanol–water partition coefficient (Wildman–Crippen LogP) is 3.56. The van der Waals surface area contributed by atoms with Crippen molar-refractivity contribution in [1.29, 1.82) is 0 Å². The molecule has 3 heterocycles. The van der Waals surface area contributed by atoms with Crippen LogP contribution in [0, 0.1) is 6.92 Å². The predicted molar refractivity (Wildman–Crippen MR) is 106 cm³/mol. The molecule has 0 bridgehead atoms. The monoisotopic (exact) mass is 456 g/mol. The molecular weight excluding hydrogens is 441 g/mol. The Bertz CT molecular complexity index is 1270. The van der Waals surface area contributed by atoms with E-state index in [2.05, 4.69) is 20.5 Å². The smallest absolute Gasteiger partial charge is 0.337 e. The summed E-state index contributed by atoms with van der Waals surface area (Å²) in [6.07, 6.45) is -4.51. The maximum Gasteiger partial charge on any atom is 0.416 e. The highest BCUT2D eigenvalue weighted by molar-refractivity contribution is 6.25. The zero-order chi connectivity index (χ0) is 23.3. The molecule has 0 N–H and O–H groups in total. The fourth-order valence-electron chi connectivity index (χ4n) is 3.71. The van der Waals surface area contributed by atoms with E-state index >= 15 is 0 Å². The van der Waals surface area contributed by atoms with Crippen molar-refractivity contribution in [2.24, 2.45) is 10.3 Å². The van der Waals surface area contributed by atoms with Crippen LogP contribution in [0.3, 0.4) is 0 Å². The van der Waals surface area contributed by atoms with Gasteiger partial charge in [0.15, 0.2) is 12.1 Å². The fraction of sp³-hybridized carbons (Fsp3) is 0.238. The molecule has 2 amide bonds. The summed E-state index contributed by atoms with van der Waals surface area (Å²) in [5, 5.41) is 12.8. The molecule has 0 aliphatic carbocycles. The van der Waals surface area contributed by atoms with E-state index < -0.39 is 35.6 Å². The molecule has 2 aliphatic heterocycles. The van der Waals surface area contributed by atoms with Crippen molar-refractivity contribution in [3.05, 3.63) is 65.5 Å². The number of carbonyl (C=O) groups is 2. The molecule has 3 aromatic rings. The molecule has 2 aromatic carbocycles. The molecule has 12 heteroatoms. The van der Waals surface area contributed by atoms with E-state index in [1.807, 2.05) is 6.92 Å². The number of nitrogens with zero attached hydrogens (tertiary/aromatic N) is 6.